The number of morpholine rings is 1. The number of hydrogen-bond acceptors (Lipinski definition) is 4. The van der Waals surface area contributed by atoms with Crippen LogP contribution in [0.2, 0.25) is 0 Å². The number of halogens is 1. The maximum Gasteiger partial charge on any atom is 0.191 e. The summed E-state index contributed by atoms with van der Waals surface area (Å²) in [5, 5.41) is 6.77. The molecule has 0 spiro atoms. The highest BCUT2D eigenvalue weighted by molar-refractivity contribution is 5.79. The standard InChI is InChI=1S/C24H31FN4O2/c1-3-14-31-23-7-5-4-6-20(23)17-27-24(26-2)28-18-22(29-12-15-30-16-13-29)19-8-10-21(25)11-9-19/h3-11,22H,1,12-18H2,2H3,(H2,26,27,28). The minimum atomic E-state index is -0.229. The van der Waals surface area contributed by atoms with Crippen molar-refractivity contribution in [2.75, 3.05) is 46.5 Å². The highest BCUT2D eigenvalue weighted by Gasteiger charge is 2.23. The second-order valence-corrected chi connectivity index (χ2v) is 7.23. The van der Waals surface area contributed by atoms with Crippen molar-refractivity contribution in [2.24, 2.45) is 4.99 Å². The molecule has 1 atom stereocenters. The normalized spacial score (nSPS) is 15.9. The van der Waals surface area contributed by atoms with E-state index in [0.29, 0.717) is 38.9 Å². The molecule has 1 saturated heterocycles. The van der Waals surface area contributed by atoms with Gasteiger partial charge in [-0.1, -0.05) is 43.0 Å². The molecule has 31 heavy (non-hydrogen) atoms. The molecule has 2 aromatic carbocycles. The van der Waals surface area contributed by atoms with E-state index in [2.05, 4.69) is 27.1 Å². The monoisotopic (exact) mass is 426 g/mol. The predicted molar refractivity (Wildman–Crippen MR) is 122 cm³/mol. The first-order valence-electron chi connectivity index (χ1n) is 10.5. The Kier molecular flexibility index (Phi) is 8.87. The lowest BCUT2D eigenvalue weighted by atomic mass is 10.0. The van der Waals surface area contributed by atoms with Crippen LogP contribution in [0.3, 0.4) is 0 Å². The molecule has 0 saturated carbocycles. The van der Waals surface area contributed by atoms with Crippen LogP contribution in [0, 0.1) is 5.82 Å². The molecule has 1 fully saturated rings. The summed E-state index contributed by atoms with van der Waals surface area (Å²) in [5.41, 5.74) is 2.10. The topological polar surface area (TPSA) is 58.1 Å². The molecule has 2 aromatic rings. The first kappa shape index (κ1) is 22.8. The van der Waals surface area contributed by atoms with E-state index in [9.17, 15) is 4.39 Å². The molecule has 0 bridgehead atoms. The van der Waals surface area contributed by atoms with Gasteiger partial charge in [0.25, 0.3) is 0 Å². The van der Waals surface area contributed by atoms with Crippen molar-refractivity contribution in [3.63, 3.8) is 0 Å². The van der Waals surface area contributed by atoms with E-state index < -0.39 is 0 Å². The molecule has 1 aliphatic heterocycles. The van der Waals surface area contributed by atoms with E-state index in [1.807, 2.05) is 36.4 Å². The molecular formula is C24H31FN4O2. The molecule has 2 N–H and O–H groups in total. The van der Waals surface area contributed by atoms with E-state index in [0.717, 1.165) is 30.0 Å². The van der Waals surface area contributed by atoms with Gasteiger partial charge in [-0.3, -0.25) is 9.89 Å². The second kappa shape index (κ2) is 12.1. The number of benzene rings is 2. The van der Waals surface area contributed by atoms with Gasteiger partial charge in [0.2, 0.25) is 0 Å². The Labute approximate surface area is 183 Å². The zero-order valence-corrected chi connectivity index (χ0v) is 18.0. The van der Waals surface area contributed by atoms with E-state index in [4.69, 9.17) is 9.47 Å². The van der Waals surface area contributed by atoms with Crippen LogP contribution in [0.15, 0.2) is 66.2 Å². The summed E-state index contributed by atoms with van der Waals surface area (Å²) in [4.78, 5) is 6.71. The Morgan fingerprint density at radius 3 is 2.65 bits per heavy atom. The number of guanidine groups is 1. The Balaban J connectivity index is 1.63. The van der Waals surface area contributed by atoms with Crippen molar-refractivity contribution >= 4 is 5.96 Å². The molecule has 0 aliphatic carbocycles. The molecular weight excluding hydrogens is 395 g/mol. The minimum absolute atomic E-state index is 0.0891. The van der Waals surface area contributed by atoms with Gasteiger partial charge in [0.05, 0.1) is 19.3 Å². The molecule has 6 nitrogen and oxygen atoms in total. The maximum atomic E-state index is 13.4. The summed E-state index contributed by atoms with van der Waals surface area (Å²) in [6, 6.07) is 14.7. The van der Waals surface area contributed by atoms with Crippen molar-refractivity contribution in [2.45, 2.75) is 12.6 Å². The van der Waals surface area contributed by atoms with Crippen LogP contribution >= 0.6 is 0 Å². The number of hydrogen-bond donors (Lipinski definition) is 2. The van der Waals surface area contributed by atoms with E-state index in [1.54, 1.807) is 13.1 Å². The largest absolute Gasteiger partial charge is 0.489 e. The lowest BCUT2D eigenvalue weighted by molar-refractivity contribution is 0.0170. The molecule has 7 heteroatoms. The van der Waals surface area contributed by atoms with E-state index in [-0.39, 0.29) is 11.9 Å². The maximum absolute atomic E-state index is 13.4. The van der Waals surface area contributed by atoms with Crippen LogP contribution < -0.4 is 15.4 Å². The lowest BCUT2D eigenvalue weighted by Crippen LogP contribution is -2.46. The van der Waals surface area contributed by atoms with Crippen LogP contribution in [0.5, 0.6) is 5.75 Å². The average molecular weight is 427 g/mol. The highest BCUT2D eigenvalue weighted by Crippen LogP contribution is 2.22. The van der Waals surface area contributed by atoms with Crippen molar-refractivity contribution in [1.29, 1.82) is 0 Å². The van der Waals surface area contributed by atoms with Gasteiger partial charge < -0.3 is 20.1 Å². The summed E-state index contributed by atoms with van der Waals surface area (Å²) in [6.07, 6.45) is 1.73. The van der Waals surface area contributed by atoms with Crippen LogP contribution in [-0.2, 0) is 11.3 Å². The number of rotatable bonds is 9. The number of nitrogens with one attached hydrogen (secondary N) is 2. The van der Waals surface area contributed by atoms with Crippen LogP contribution in [-0.4, -0.2) is 57.4 Å². The fourth-order valence-electron chi connectivity index (χ4n) is 3.56. The van der Waals surface area contributed by atoms with Crippen LogP contribution in [0.4, 0.5) is 4.39 Å². The van der Waals surface area contributed by atoms with Gasteiger partial charge in [-0.05, 0) is 23.8 Å². The number of ether oxygens (including phenoxy) is 2. The smallest absolute Gasteiger partial charge is 0.191 e. The zero-order chi connectivity index (χ0) is 21.9. The van der Waals surface area contributed by atoms with Gasteiger partial charge in [0.1, 0.15) is 18.2 Å². The number of nitrogens with zero attached hydrogens (tertiary/aromatic N) is 2. The van der Waals surface area contributed by atoms with Gasteiger partial charge in [-0.2, -0.15) is 0 Å². The predicted octanol–water partition coefficient (Wildman–Crippen LogP) is 3.13. The Morgan fingerprint density at radius 2 is 1.94 bits per heavy atom. The van der Waals surface area contributed by atoms with E-state index >= 15 is 0 Å². The fraction of sp³-hybridized carbons (Fsp3) is 0.375. The van der Waals surface area contributed by atoms with E-state index in [1.165, 1.54) is 12.1 Å². The van der Waals surface area contributed by atoms with Gasteiger partial charge in [0, 0.05) is 38.8 Å². The number of para-hydroxylation sites is 1. The first-order valence-corrected chi connectivity index (χ1v) is 10.5. The first-order chi connectivity index (χ1) is 15.2. The SMILES string of the molecule is C=CCOc1ccccc1CNC(=NC)NCC(c1ccc(F)cc1)N1CCOCC1. The zero-order valence-electron chi connectivity index (χ0n) is 18.0. The molecule has 3 rings (SSSR count). The van der Waals surface area contributed by atoms with Gasteiger partial charge >= 0.3 is 0 Å². The highest BCUT2D eigenvalue weighted by atomic mass is 19.1. The molecule has 166 valence electrons. The number of aliphatic imine (C=N–C) groups is 1. The Bertz CT molecular complexity index is 851. The van der Waals surface area contributed by atoms with Crippen molar-refractivity contribution in [3.05, 3.63) is 78.1 Å². The quantitative estimate of drug-likeness (QED) is 0.367. The fourth-order valence-corrected chi connectivity index (χ4v) is 3.56. The van der Waals surface area contributed by atoms with Crippen LogP contribution in [0.25, 0.3) is 0 Å². The van der Waals surface area contributed by atoms with Gasteiger partial charge in [-0.15, -0.1) is 0 Å². The molecule has 1 unspecified atom stereocenters. The lowest BCUT2D eigenvalue weighted by Gasteiger charge is -2.35. The Hall–Kier alpha value is -2.90. The molecule has 0 amide bonds. The second-order valence-electron chi connectivity index (χ2n) is 7.23. The molecule has 1 heterocycles. The molecule has 0 aromatic heterocycles. The summed E-state index contributed by atoms with van der Waals surface area (Å²) < 4.78 is 24.7. The Morgan fingerprint density at radius 1 is 1.19 bits per heavy atom. The van der Waals surface area contributed by atoms with Gasteiger partial charge in [-0.25, -0.2) is 4.39 Å². The van der Waals surface area contributed by atoms with Crippen molar-refractivity contribution in [1.82, 2.24) is 15.5 Å². The summed E-state index contributed by atoms with van der Waals surface area (Å²) >= 11 is 0. The van der Waals surface area contributed by atoms with Crippen molar-refractivity contribution < 1.29 is 13.9 Å². The third kappa shape index (κ3) is 6.80. The summed E-state index contributed by atoms with van der Waals surface area (Å²) in [6.45, 7) is 8.45. The molecule has 1 aliphatic rings. The average Bonchev–Trinajstić information content (AvgIpc) is 2.82. The third-order valence-electron chi connectivity index (χ3n) is 5.20. The minimum Gasteiger partial charge on any atom is -0.489 e. The van der Waals surface area contributed by atoms with Crippen LogP contribution in [0.1, 0.15) is 17.2 Å². The molecule has 0 radical (unpaired) electrons. The van der Waals surface area contributed by atoms with Crippen molar-refractivity contribution in [3.8, 4) is 5.75 Å². The summed E-state index contributed by atoms with van der Waals surface area (Å²) in [7, 11) is 1.75. The summed E-state index contributed by atoms with van der Waals surface area (Å²) in [5.74, 6) is 1.29. The third-order valence-corrected chi connectivity index (χ3v) is 5.20. The van der Waals surface area contributed by atoms with Gasteiger partial charge in [0.15, 0.2) is 5.96 Å².